The normalized spacial score (nSPS) is 9.83. The molecule has 0 aliphatic carbocycles. The molecule has 0 amide bonds. The van der Waals surface area contributed by atoms with Gasteiger partial charge in [0.25, 0.3) is 0 Å². The Morgan fingerprint density at radius 1 is 1.00 bits per heavy atom. The van der Waals surface area contributed by atoms with Crippen molar-refractivity contribution in [1.29, 1.82) is 0 Å². The third kappa shape index (κ3) is 3.85. The summed E-state index contributed by atoms with van der Waals surface area (Å²) >= 11 is 7.50. The zero-order valence-corrected chi connectivity index (χ0v) is 12.5. The maximum absolute atomic E-state index is 5.62. The number of nitrogens with one attached hydrogen (secondary N) is 2. The Morgan fingerprint density at radius 3 is 2.33 bits per heavy atom. The molecule has 2 aromatic carbocycles. The van der Waals surface area contributed by atoms with Crippen LogP contribution in [0.2, 0.25) is 0 Å². The van der Waals surface area contributed by atoms with Gasteiger partial charge in [-0.05, 0) is 77.3 Å². The predicted octanol–water partition coefficient (Wildman–Crippen LogP) is 3.68. The second-order valence-corrected chi connectivity index (χ2v) is 5.37. The number of hydrogen-bond donors (Lipinski definition) is 3. The van der Waals surface area contributed by atoms with E-state index in [1.54, 1.807) is 0 Å². The van der Waals surface area contributed by atoms with Crippen molar-refractivity contribution in [3.05, 3.63) is 52.1 Å². The van der Waals surface area contributed by atoms with Crippen LogP contribution in [0, 0.1) is 3.57 Å². The Balaban J connectivity index is 1.98. The molecule has 18 heavy (non-hydrogen) atoms. The van der Waals surface area contributed by atoms with Crippen molar-refractivity contribution in [2.45, 2.75) is 0 Å². The van der Waals surface area contributed by atoms with Gasteiger partial charge in [0.1, 0.15) is 0 Å². The molecule has 2 rings (SSSR count). The molecule has 5 heteroatoms. The Labute approximate surface area is 125 Å². The summed E-state index contributed by atoms with van der Waals surface area (Å²) in [5, 5.41) is 6.79. The minimum absolute atomic E-state index is 0.557. The highest BCUT2D eigenvalue weighted by Crippen LogP contribution is 2.14. The number of anilines is 3. The number of benzene rings is 2. The maximum atomic E-state index is 5.62. The summed E-state index contributed by atoms with van der Waals surface area (Å²) in [6, 6.07) is 15.4. The minimum Gasteiger partial charge on any atom is -0.399 e. The number of thiocarbonyl (C=S) groups is 1. The second-order valence-electron chi connectivity index (χ2n) is 3.71. The van der Waals surface area contributed by atoms with E-state index in [-0.39, 0.29) is 0 Å². The smallest absolute Gasteiger partial charge is 0.175 e. The van der Waals surface area contributed by atoms with Crippen LogP contribution in [0.3, 0.4) is 0 Å². The molecule has 0 aliphatic rings. The van der Waals surface area contributed by atoms with Crippen LogP contribution in [0.15, 0.2) is 48.5 Å². The number of halogens is 1. The van der Waals surface area contributed by atoms with Crippen molar-refractivity contribution in [2.75, 3.05) is 16.4 Å². The van der Waals surface area contributed by atoms with Crippen molar-refractivity contribution < 1.29 is 0 Å². The van der Waals surface area contributed by atoms with E-state index in [0.717, 1.165) is 20.6 Å². The van der Waals surface area contributed by atoms with Crippen LogP contribution in [0.1, 0.15) is 0 Å². The van der Waals surface area contributed by atoms with Gasteiger partial charge in [0.05, 0.1) is 0 Å². The van der Waals surface area contributed by atoms with E-state index in [1.807, 2.05) is 48.5 Å². The van der Waals surface area contributed by atoms with Gasteiger partial charge in [-0.1, -0.05) is 6.07 Å². The largest absolute Gasteiger partial charge is 0.399 e. The van der Waals surface area contributed by atoms with E-state index in [2.05, 4.69) is 33.2 Å². The first-order chi connectivity index (χ1) is 8.63. The molecule has 0 bridgehead atoms. The topological polar surface area (TPSA) is 50.1 Å². The van der Waals surface area contributed by atoms with Gasteiger partial charge in [0, 0.05) is 20.6 Å². The number of hydrogen-bond acceptors (Lipinski definition) is 2. The average molecular weight is 369 g/mol. The van der Waals surface area contributed by atoms with Crippen molar-refractivity contribution in [1.82, 2.24) is 0 Å². The first-order valence-corrected chi connectivity index (χ1v) is 6.81. The van der Waals surface area contributed by atoms with Crippen molar-refractivity contribution in [3.63, 3.8) is 0 Å². The first-order valence-electron chi connectivity index (χ1n) is 5.32. The Morgan fingerprint density at radius 2 is 1.67 bits per heavy atom. The predicted molar refractivity (Wildman–Crippen MR) is 89.9 cm³/mol. The zero-order valence-electron chi connectivity index (χ0n) is 9.48. The van der Waals surface area contributed by atoms with Crippen LogP contribution >= 0.6 is 34.8 Å². The molecule has 0 radical (unpaired) electrons. The van der Waals surface area contributed by atoms with Gasteiger partial charge in [-0.2, -0.15) is 0 Å². The van der Waals surface area contributed by atoms with Gasteiger partial charge < -0.3 is 16.4 Å². The number of rotatable bonds is 2. The highest BCUT2D eigenvalue weighted by Gasteiger charge is 1.99. The van der Waals surface area contributed by atoms with Gasteiger partial charge in [-0.15, -0.1) is 0 Å². The fourth-order valence-electron chi connectivity index (χ4n) is 1.43. The molecule has 0 aromatic heterocycles. The molecule has 3 nitrogen and oxygen atoms in total. The quantitative estimate of drug-likeness (QED) is 0.430. The maximum Gasteiger partial charge on any atom is 0.175 e. The standard InChI is InChI=1S/C13H12IN3S/c14-9-2-1-3-12(8-9)17-13(18)16-11-6-4-10(15)5-7-11/h1-8H,15H2,(H2,16,17,18). The van der Waals surface area contributed by atoms with Gasteiger partial charge in [-0.3, -0.25) is 0 Å². The van der Waals surface area contributed by atoms with Crippen LogP contribution in [-0.4, -0.2) is 5.11 Å². The molecule has 0 saturated heterocycles. The average Bonchev–Trinajstić information content (AvgIpc) is 2.32. The molecule has 0 heterocycles. The molecule has 92 valence electrons. The lowest BCUT2D eigenvalue weighted by Gasteiger charge is -2.10. The van der Waals surface area contributed by atoms with Crippen LogP contribution in [-0.2, 0) is 0 Å². The molecule has 0 fully saturated rings. The number of nitrogen functional groups attached to an aromatic ring is 1. The molecule has 0 atom stereocenters. The van der Waals surface area contributed by atoms with Crippen LogP contribution < -0.4 is 16.4 Å². The van der Waals surface area contributed by atoms with E-state index < -0.39 is 0 Å². The summed E-state index contributed by atoms with van der Waals surface area (Å²) in [6.07, 6.45) is 0. The second kappa shape index (κ2) is 6.01. The van der Waals surface area contributed by atoms with Crippen LogP contribution in [0.4, 0.5) is 17.1 Å². The van der Waals surface area contributed by atoms with E-state index in [9.17, 15) is 0 Å². The summed E-state index contributed by atoms with van der Waals surface area (Å²) in [7, 11) is 0. The summed E-state index contributed by atoms with van der Waals surface area (Å²) in [4.78, 5) is 0. The molecule has 0 aliphatic heterocycles. The third-order valence-electron chi connectivity index (χ3n) is 2.25. The van der Waals surface area contributed by atoms with E-state index >= 15 is 0 Å². The van der Waals surface area contributed by atoms with Crippen molar-refractivity contribution in [3.8, 4) is 0 Å². The Bertz CT molecular complexity index is 554. The first kappa shape index (κ1) is 13.1. The molecular formula is C13H12IN3S. The minimum atomic E-state index is 0.557. The zero-order chi connectivity index (χ0) is 13.0. The fraction of sp³-hybridized carbons (Fsp3) is 0. The van der Waals surface area contributed by atoms with Gasteiger partial charge in [0.15, 0.2) is 5.11 Å². The summed E-state index contributed by atoms with van der Waals surface area (Å²) in [6.45, 7) is 0. The van der Waals surface area contributed by atoms with E-state index in [1.165, 1.54) is 0 Å². The molecular weight excluding hydrogens is 357 g/mol. The molecule has 2 aromatic rings. The van der Waals surface area contributed by atoms with Crippen LogP contribution in [0.5, 0.6) is 0 Å². The lowest BCUT2D eigenvalue weighted by atomic mass is 10.3. The molecule has 0 spiro atoms. The highest BCUT2D eigenvalue weighted by molar-refractivity contribution is 14.1. The van der Waals surface area contributed by atoms with Gasteiger partial charge >= 0.3 is 0 Å². The highest BCUT2D eigenvalue weighted by atomic mass is 127. The molecule has 0 unspecified atom stereocenters. The van der Waals surface area contributed by atoms with E-state index in [4.69, 9.17) is 18.0 Å². The SMILES string of the molecule is Nc1ccc(NC(=S)Nc2cccc(I)c2)cc1. The Kier molecular flexibility index (Phi) is 4.38. The molecule has 4 N–H and O–H groups in total. The summed E-state index contributed by atoms with van der Waals surface area (Å²) in [5.74, 6) is 0. The van der Waals surface area contributed by atoms with Crippen molar-refractivity contribution in [2.24, 2.45) is 0 Å². The van der Waals surface area contributed by atoms with Gasteiger partial charge in [0.2, 0.25) is 0 Å². The number of nitrogens with two attached hydrogens (primary N) is 1. The third-order valence-corrected chi connectivity index (χ3v) is 3.13. The summed E-state index contributed by atoms with van der Waals surface area (Å²) < 4.78 is 1.16. The molecule has 0 saturated carbocycles. The fourth-order valence-corrected chi connectivity index (χ4v) is 2.20. The monoisotopic (exact) mass is 369 g/mol. The summed E-state index contributed by atoms with van der Waals surface area (Å²) in [5.41, 5.74) is 8.23. The van der Waals surface area contributed by atoms with E-state index in [0.29, 0.717) is 5.11 Å². The lowest BCUT2D eigenvalue weighted by Crippen LogP contribution is -2.19. The van der Waals surface area contributed by atoms with Gasteiger partial charge in [-0.25, -0.2) is 0 Å². The van der Waals surface area contributed by atoms with Crippen LogP contribution in [0.25, 0.3) is 0 Å². The van der Waals surface area contributed by atoms with Crippen molar-refractivity contribution >= 4 is 57.0 Å². The Hall–Kier alpha value is -1.34. The lowest BCUT2D eigenvalue weighted by molar-refractivity contribution is 1.57.